The number of piperidine rings is 1. The molecule has 0 N–H and O–H groups in total. The standard InChI is InChI=1S/C18H24N4O2/c1-24-12-11-21-10-8-20-18(21)16-3-2-9-22(14-16)17(23)13-15-4-6-19-7-5-15/h4-8,10,16H,2-3,9,11-14H2,1H3/t16-/m1/s1. The van der Waals surface area contributed by atoms with Gasteiger partial charge in [-0.05, 0) is 30.5 Å². The Morgan fingerprint density at radius 2 is 2.17 bits per heavy atom. The number of likely N-dealkylation sites (tertiary alicyclic amines) is 1. The van der Waals surface area contributed by atoms with Gasteiger partial charge in [0.2, 0.25) is 5.91 Å². The summed E-state index contributed by atoms with van der Waals surface area (Å²) in [7, 11) is 1.71. The summed E-state index contributed by atoms with van der Waals surface area (Å²) in [6, 6.07) is 3.80. The Morgan fingerprint density at radius 1 is 1.33 bits per heavy atom. The number of ether oxygens (including phenoxy) is 1. The maximum absolute atomic E-state index is 12.6. The molecule has 3 rings (SSSR count). The lowest BCUT2D eigenvalue weighted by atomic mass is 9.96. The number of rotatable bonds is 6. The number of carbonyl (C=O) groups is 1. The number of nitrogens with zero attached hydrogens (tertiary/aromatic N) is 4. The van der Waals surface area contributed by atoms with Crippen LogP contribution in [0.15, 0.2) is 36.9 Å². The zero-order chi connectivity index (χ0) is 16.8. The van der Waals surface area contributed by atoms with E-state index in [0.29, 0.717) is 18.9 Å². The van der Waals surface area contributed by atoms with Gasteiger partial charge in [0.25, 0.3) is 0 Å². The number of aromatic nitrogens is 3. The van der Waals surface area contributed by atoms with Crippen molar-refractivity contribution in [2.24, 2.45) is 0 Å². The van der Waals surface area contributed by atoms with E-state index >= 15 is 0 Å². The van der Waals surface area contributed by atoms with E-state index in [0.717, 1.165) is 43.9 Å². The Balaban J connectivity index is 1.64. The van der Waals surface area contributed by atoms with Crippen LogP contribution in [-0.4, -0.2) is 52.1 Å². The molecule has 1 aliphatic heterocycles. The minimum atomic E-state index is 0.181. The number of methoxy groups -OCH3 is 1. The summed E-state index contributed by atoms with van der Waals surface area (Å²) in [4.78, 5) is 23.1. The van der Waals surface area contributed by atoms with Crippen molar-refractivity contribution in [3.63, 3.8) is 0 Å². The van der Waals surface area contributed by atoms with Crippen molar-refractivity contribution in [1.82, 2.24) is 19.4 Å². The van der Waals surface area contributed by atoms with E-state index in [-0.39, 0.29) is 5.91 Å². The maximum atomic E-state index is 12.6. The highest BCUT2D eigenvalue weighted by molar-refractivity contribution is 5.78. The van der Waals surface area contributed by atoms with Crippen LogP contribution in [0.3, 0.4) is 0 Å². The molecule has 0 unspecified atom stereocenters. The van der Waals surface area contributed by atoms with Gasteiger partial charge in [0.05, 0.1) is 13.0 Å². The van der Waals surface area contributed by atoms with E-state index in [2.05, 4.69) is 14.5 Å². The fourth-order valence-electron chi connectivity index (χ4n) is 3.26. The molecule has 6 heteroatoms. The van der Waals surface area contributed by atoms with Gasteiger partial charge in [0, 0.05) is 57.4 Å². The summed E-state index contributed by atoms with van der Waals surface area (Å²) in [5.41, 5.74) is 1.01. The van der Waals surface area contributed by atoms with Gasteiger partial charge in [-0.3, -0.25) is 9.78 Å². The molecule has 0 radical (unpaired) electrons. The molecule has 0 bridgehead atoms. The number of carbonyl (C=O) groups excluding carboxylic acids is 1. The van der Waals surface area contributed by atoms with Gasteiger partial charge in [-0.1, -0.05) is 0 Å². The average Bonchev–Trinajstić information content (AvgIpc) is 3.09. The fourth-order valence-corrected chi connectivity index (χ4v) is 3.26. The summed E-state index contributed by atoms with van der Waals surface area (Å²) in [6.45, 7) is 3.04. The zero-order valence-electron chi connectivity index (χ0n) is 14.1. The lowest BCUT2D eigenvalue weighted by molar-refractivity contribution is -0.131. The quantitative estimate of drug-likeness (QED) is 0.812. The average molecular weight is 328 g/mol. The van der Waals surface area contributed by atoms with Gasteiger partial charge in [-0.2, -0.15) is 0 Å². The number of pyridine rings is 1. The molecule has 0 spiro atoms. The Morgan fingerprint density at radius 3 is 2.96 bits per heavy atom. The highest BCUT2D eigenvalue weighted by atomic mass is 16.5. The molecule has 1 amide bonds. The van der Waals surface area contributed by atoms with Crippen molar-refractivity contribution in [1.29, 1.82) is 0 Å². The highest BCUT2D eigenvalue weighted by Crippen LogP contribution is 2.26. The summed E-state index contributed by atoms with van der Waals surface area (Å²) in [5, 5.41) is 0. The third-order valence-electron chi connectivity index (χ3n) is 4.53. The molecule has 1 aliphatic rings. The van der Waals surface area contributed by atoms with Crippen molar-refractivity contribution in [3.8, 4) is 0 Å². The fraction of sp³-hybridized carbons (Fsp3) is 0.500. The van der Waals surface area contributed by atoms with Crippen LogP contribution in [-0.2, 0) is 22.5 Å². The maximum Gasteiger partial charge on any atom is 0.227 e. The van der Waals surface area contributed by atoms with Gasteiger partial charge in [0.1, 0.15) is 5.82 Å². The molecule has 128 valence electrons. The molecular weight excluding hydrogens is 304 g/mol. The van der Waals surface area contributed by atoms with Crippen molar-refractivity contribution in [2.45, 2.75) is 31.7 Å². The van der Waals surface area contributed by atoms with Crippen molar-refractivity contribution in [2.75, 3.05) is 26.8 Å². The van der Waals surface area contributed by atoms with Crippen LogP contribution < -0.4 is 0 Å². The van der Waals surface area contributed by atoms with E-state index in [1.165, 1.54) is 0 Å². The van der Waals surface area contributed by atoms with Crippen LogP contribution in [0.2, 0.25) is 0 Å². The summed E-state index contributed by atoms with van der Waals surface area (Å²) >= 11 is 0. The number of hydrogen-bond acceptors (Lipinski definition) is 4. The molecule has 24 heavy (non-hydrogen) atoms. The van der Waals surface area contributed by atoms with E-state index in [1.807, 2.05) is 29.4 Å². The molecule has 6 nitrogen and oxygen atoms in total. The van der Waals surface area contributed by atoms with Gasteiger partial charge >= 0.3 is 0 Å². The third-order valence-corrected chi connectivity index (χ3v) is 4.53. The topological polar surface area (TPSA) is 60.2 Å². The normalized spacial score (nSPS) is 17.9. The van der Waals surface area contributed by atoms with Gasteiger partial charge < -0.3 is 14.2 Å². The highest BCUT2D eigenvalue weighted by Gasteiger charge is 2.27. The second-order valence-corrected chi connectivity index (χ2v) is 6.18. The Bertz CT molecular complexity index is 656. The predicted octanol–water partition coefficient (Wildman–Crippen LogP) is 1.87. The smallest absolute Gasteiger partial charge is 0.227 e. The second-order valence-electron chi connectivity index (χ2n) is 6.18. The SMILES string of the molecule is COCCn1ccnc1[C@@H]1CCCN(C(=O)Cc2ccncc2)C1. The molecule has 2 aromatic heterocycles. The molecule has 2 aromatic rings. The molecule has 1 atom stereocenters. The van der Waals surface area contributed by atoms with Gasteiger partial charge in [-0.25, -0.2) is 4.98 Å². The van der Waals surface area contributed by atoms with E-state index in [4.69, 9.17) is 4.74 Å². The van der Waals surface area contributed by atoms with Crippen LogP contribution in [0.25, 0.3) is 0 Å². The minimum absolute atomic E-state index is 0.181. The molecular formula is C18H24N4O2. The van der Waals surface area contributed by atoms with Gasteiger partial charge in [0.15, 0.2) is 0 Å². The number of imidazole rings is 1. The molecule has 0 saturated carbocycles. The van der Waals surface area contributed by atoms with E-state index in [1.54, 1.807) is 19.5 Å². The van der Waals surface area contributed by atoms with Crippen LogP contribution in [0.4, 0.5) is 0 Å². The van der Waals surface area contributed by atoms with Crippen LogP contribution >= 0.6 is 0 Å². The molecule has 1 saturated heterocycles. The Labute approximate surface area is 142 Å². The predicted molar refractivity (Wildman–Crippen MR) is 90.6 cm³/mol. The van der Waals surface area contributed by atoms with Crippen molar-refractivity contribution < 1.29 is 9.53 Å². The second kappa shape index (κ2) is 8.06. The minimum Gasteiger partial charge on any atom is -0.383 e. The monoisotopic (exact) mass is 328 g/mol. The summed E-state index contributed by atoms with van der Waals surface area (Å²) in [6.07, 6.45) is 9.82. The third kappa shape index (κ3) is 4.00. The first-order valence-electron chi connectivity index (χ1n) is 8.44. The first kappa shape index (κ1) is 16.6. The molecule has 0 aliphatic carbocycles. The van der Waals surface area contributed by atoms with Gasteiger partial charge in [-0.15, -0.1) is 0 Å². The van der Waals surface area contributed by atoms with E-state index in [9.17, 15) is 4.79 Å². The van der Waals surface area contributed by atoms with Crippen LogP contribution in [0.1, 0.15) is 30.1 Å². The molecule has 3 heterocycles. The van der Waals surface area contributed by atoms with Crippen LogP contribution in [0.5, 0.6) is 0 Å². The van der Waals surface area contributed by atoms with E-state index < -0.39 is 0 Å². The Kier molecular flexibility index (Phi) is 5.59. The van der Waals surface area contributed by atoms with Crippen LogP contribution in [0, 0.1) is 0 Å². The summed E-state index contributed by atoms with van der Waals surface area (Å²) < 4.78 is 7.31. The zero-order valence-corrected chi connectivity index (χ0v) is 14.1. The number of amides is 1. The first-order valence-corrected chi connectivity index (χ1v) is 8.44. The largest absolute Gasteiger partial charge is 0.383 e. The molecule has 0 aromatic carbocycles. The first-order chi connectivity index (χ1) is 11.8. The number of hydrogen-bond donors (Lipinski definition) is 0. The lowest BCUT2D eigenvalue weighted by Crippen LogP contribution is -2.40. The lowest BCUT2D eigenvalue weighted by Gasteiger charge is -2.33. The van der Waals surface area contributed by atoms with Crippen molar-refractivity contribution >= 4 is 5.91 Å². The molecule has 1 fully saturated rings. The Hall–Kier alpha value is -2.21. The summed E-state index contributed by atoms with van der Waals surface area (Å²) in [5.74, 6) is 1.54. The van der Waals surface area contributed by atoms with Crippen molar-refractivity contribution in [3.05, 3.63) is 48.3 Å².